The van der Waals surface area contributed by atoms with Crippen LogP contribution in [0.3, 0.4) is 0 Å². The van der Waals surface area contributed by atoms with Gasteiger partial charge in [-0.05, 0) is 8.91 Å². The van der Waals surface area contributed by atoms with Gasteiger partial charge >= 0.3 is 10.3 Å². The molecule has 0 radical (unpaired) electrons. The molecule has 60 valence electrons. The number of halogens is 1. The molecule has 0 aromatic carbocycles. The van der Waals surface area contributed by atoms with E-state index in [4.69, 9.17) is 5.21 Å². The van der Waals surface area contributed by atoms with Crippen molar-refractivity contribution in [3.05, 3.63) is 12.7 Å². The van der Waals surface area contributed by atoms with Gasteiger partial charge in [0.15, 0.2) is 0 Å². The van der Waals surface area contributed by atoms with E-state index in [1.165, 1.54) is 0 Å². The van der Waals surface area contributed by atoms with E-state index in [2.05, 4.69) is 11.0 Å². The van der Waals surface area contributed by atoms with Crippen molar-refractivity contribution in [1.29, 1.82) is 0 Å². The Labute approximate surface area is 57.4 Å². The van der Waals surface area contributed by atoms with Gasteiger partial charge in [0.25, 0.3) is 0 Å². The maximum atomic E-state index is 11.0. The Morgan fingerprint density at radius 2 is 2.30 bits per heavy atom. The van der Waals surface area contributed by atoms with Crippen LogP contribution in [0.5, 0.6) is 0 Å². The van der Waals surface area contributed by atoms with Crippen LogP contribution in [0.4, 0.5) is 4.53 Å². The molecule has 1 N–H and O–H groups in total. The Morgan fingerprint density at radius 3 is 2.60 bits per heavy atom. The highest BCUT2D eigenvalue weighted by molar-refractivity contribution is 7.84. The molecule has 0 amide bonds. The third kappa shape index (κ3) is 2.40. The van der Waals surface area contributed by atoms with E-state index in [-0.39, 0.29) is 4.47 Å². The Morgan fingerprint density at radius 1 is 1.80 bits per heavy atom. The van der Waals surface area contributed by atoms with Crippen LogP contribution >= 0.6 is 0 Å². The van der Waals surface area contributed by atoms with E-state index < -0.39 is 16.8 Å². The smallest absolute Gasteiger partial charge is 0.297 e. The summed E-state index contributed by atoms with van der Waals surface area (Å²) in [5.74, 6) is 0. The molecule has 10 heavy (non-hydrogen) atoms. The van der Waals surface area contributed by atoms with Crippen molar-refractivity contribution in [2.45, 2.75) is 0 Å². The minimum absolute atomic E-state index is 0.319. The third-order valence-corrected chi connectivity index (χ3v) is 1.45. The molecule has 0 atom stereocenters. The summed E-state index contributed by atoms with van der Waals surface area (Å²) in [6.07, 6.45) is 1.07. The lowest BCUT2D eigenvalue weighted by Gasteiger charge is -2.06. The minimum Gasteiger partial charge on any atom is -0.297 e. The predicted octanol–water partition coefficient (Wildman–Crippen LogP) is 0.00950. The molecule has 0 aliphatic rings. The van der Waals surface area contributed by atoms with E-state index in [9.17, 15) is 12.9 Å². The van der Waals surface area contributed by atoms with Gasteiger partial charge in [-0.1, -0.05) is 10.5 Å². The molecule has 0 saturated carbocycles. The summed E-state index contributed by atoms with van der Waals surface area (Å²) < 4.78 is 33.4. The number of rotatable bonds is 4. The van der Waals surface area contributed by atoms with E-state index in [1.807, 2.05) is 0 Å². The first-order valence-electron chi connectivity index (χ1n) is 2.17. The van der Waals surface area contributed by atoms with Crippen LogP contribution in [-0.4, -0.2) is 24.6 Å². The van der Waals surface area contributed by atoms with Crippen molar-refractivity contribution in [2.24, 2.45) is 0 Å². The molecule has 5 nitrogen and oxygen atoms in total. The van der Waals surface area contributed by atoms with Gasteiger partial charge in [-0.2, -0.15) is 8.42 Å². The van der Waals surface area contributed by atoms with E-state index in [0.717, 1.165) is 6.08 Å². The average Bonchev–Trinajstić information content (AvgIpc) is 1.89. The van der Waals surface area contributed by atoms with Gasteiger partial charge in [-0.15, -0.1) is 6.58 Å². The summed E-state index contributed by atoms with van der Waals surface area (Å²) in [5, 5.41) is 8.39. The van der Waals surface area contributed by atoms with Gasteiger partial charge in [0.05, 0.1) is 6.54 Å². The van der Waals surface area contributed by atoms with Crippen LogP contribution in [-0.2, 0) is 14.7 Å². The molecule has 0 heterocycles. The second-order valence-corrected chi connectivity index (χ2v) is 2.72. The number of nitrogens with zero attached hydrogens (tertiary/aromatic N) is 1. The Balaban J connectivity index is 4.19. The fourth-order valence-electron chi connectivity index (χ4n) is 0.234. The Hall–Kier alpha value is -0.500. The predicted molar refractivity (Wildman–Crippen MR) is 29.8 cm³/mol. The zero-order valence-corrected chi connectivity index (χ0v) is 5.71. The summed E-state index contributed by atoms with van der Waals surface area (Å²) in [6, 6.07) is 0. The lowest BCUT2D eigenvalue weighted by atomic mass is 10.7. The molecule has 0 spiro atoms. The first-order chi connectivity index (χ1) is 4.54. The molecular formula is C3H6FNO4S. The van der Waals surface area contributed by atoms with Crippen molar-refractivity contribution >= 4 is 10.3 Å². The van der Waals surface area contributed by atoms with Crippen molar-refractivity contribution in [3.63, 3.8) is 0 Å². The zero-order valence-electron chi connectivity index (χ0n) is 4.90. The fourth-order valence-corrected chi connectivity index (χ4v) is 0.587. The second-order valence-electron chi connectivity index (χ2n) is 1.31. The average molecular weight is 171 g/mol. The second kappa shape index (κ2) is 3.62. The quantitative estimate of drug-likeness (QED) is 0.478. The standard InChI is InChI=1S/C3H6FNO4S/c1-2-3-5(6)10(7,8)9-4/h2,6H,1,3H2. The molecular weight excluding hydrogens is 165 g/mol. The highest BCUT2D eigenvalue weighted by Crippen LogP contribution is 1.98. The molecule has 0 aliphatic carbocycles. The lowest BCUT2D eigenvalue weighted by molar-refractivity contribution is -0.0578. The third-order valence-electron chi connectivity index (χ3n) is 0.623. The van der Waals surface area contributed by atoms with Crippen LogP contribution in [0.1, 0.15) is 0 Å². The molecule has 0 bridgehead atoms. The summed E-state index contributed by atoms with van der Waals surface area (Å²) >= 11 is 0. The van der Waals surface area contributed by atoms with Crippen molar-refractivity contribution in [3.8, 4) is 0 Å². The van der Waals surface area contributed by atoms with E-state index in [0.29, 0.717) is 0 Å². The molecule has 0 saturated heterocycles. The largest absolute Gasteiger partial charge is 0.391 e. The van der Waals surface area contributed by atoms with Crippen LogP contribution in [0, 0.1) is 0 Å². The van der Waals surface area contributed by atoms with Crippen LogP contribution in [0.2, 0.25) is 0 Å². The minimum atomic E-state index is -4.61. The monoisotopic (exact) mass is 171 g/mol. The van der Waals surface area contributed by atoms with Crippen LogP contribution in [0.25, 0.3) is 0 Å². The van der Waals surface area contributed by atoms with Crippen LogP contribution < -0.4 is 0 Å². The maximum absolute atomic E-state index is 11.0. The molecule has 0 rings (SSSR count). The molecule has 0 aromatic rings. The van der Waals surface area contributed by atoms with Crippen molar-refractivity contribution in [1.82, 2.24) is 4.47 Å². The fraction of sp³-hybridized carbons (Fsp3) is 0.333. The van der Waals surface area contributed by atoms with Gasteiger partial charge in [0, 0.05) is 0 Å². The number of hydroxylamine groups is 1. The molecule has 0 aliphatic heterocycles. The van der Waals surface area contributed by atoms with Gasteiger partial charge in [0.1, 0.15) is 0 Å². The van der Waals surface area contributed by atoms with Crippen LogP contribution in [0.15, 0.2) is 12.7 Å². The van der Waals surface area contributed by atoms with E-state index >= 15 is 0 Å². The summed E-state index contributed by atoms with van der Waals surface area (Å²) in [6.45, 7) is 2.68. The highest BCUT2D eigenvalue weighted by Gasteiger charge is 2.19. The van der Waals surface area contributed by atoms with Crippen molar-refractivity contribution < 1.29 is 22.5 Å². The SMILES string of the molecule is C=CCN(O)S(=O)(=O)OF. The highest BCUT2D eigenvalue weighted by atomic mass is 32.2. The zero-order chi connectivity index (χ0) is 8.20. The van der Waals surface area contributed by atoms with Gasteiger partial charge < -0.3 is 0 Å². The normalized spacial score (nSPS) is 11.9. The van der Waals surface area contributed by atoms with Gasteiger partial charge in [-0.3, -0.25) is 5.21 Å². The molecule has 0 unspecified atom stereocenters. The topological polar surface area (TPSA) is 66.8 Å². The first kappa shape index (κ1) is 9.50. The summed E-state index contributed by atoms with van der Waals surface area (Å²) in [7, 11) is -4.61. The number of hydrogen-bond acceptors (Lipinski definition) is 4. The molecule has 7 heteroatoms. The van der Waals surface area contributed by atoms with E-state index in [1.54, 1.807) is 0 Å². The Kier molecular flexibility index (Phi) is 3.43. The first-order valence-corrected chi connectivity index (χ1v) is 3.53. The van der Waals surface area contributed by atoms with Gasteiger partial charge in [-0.25, -0.2) is 0 Å². The number of hydrogen-bond donors (Lipinski definition) is 1. The molecule has 0 aromatic heterocycles. The maximum Gasteiger partial charge on any atom is 0.391 e. The van der Waals surface area contributed by atoms with Crippen molar-refractivity contribution in [2.75, 3.05) is 6.54 Å². The summed E-state index contributed by atoms with van der Waals surface area (Å²) in [5.41, 5.74) is 0. The lowest BCUT2D eigenvalue weighted by Crippen LogP contribution is -2.27. The summed E-state index contributed by atoms with van der Waals surface area (Å²) in [4.78, 5) is 0. The van der Waals surface area contributed by atoms with Gasteiger partial charge in [0.2, 0.25) is 0 Å². The Bertz CT molecular complexity index is 201. The molecule has 0 fully saturated rings.